The first kappa shape index (κ1) is 14.3. The second-order valence-corrected chi connectivity index (χ2v) is 6.64. The quantitative estimate of drug-likeness (QED) is 0.397. The molecule has 0 radical (unpaired) electrons. The Bertz CT molecular complexity index is 259. The van der Waals surface area contributed by atoms with Crippen LogP contribution >= 0.6 is 15.2 Å². The van der Waals surface area contributed by atoms with Crippen molar-refractivity contribution in [3.63, 3.8) is 0 Å². The minimum Gasteiger partial charge on any atom is -0.370 e. The van der Waals surface area contributed by atoms with Crippen LogP contribution in [-0.2, 0) is 13.7 Å². The number of rotatable bonds is 6. The number of unbranched alkanes of at least 4 members (excludes halogenated alkanes) is 1. The standard InChI is InChI=1S/C5H14O7P2/c1-2-3-4-12-14(10,11)5(6)13(7,8)9/h5-6H,2-4H2,1H3,(H,10,11)(H2,7,8,9). The third kappa shape index (κ3) is 4.66. The van der Waals surface area contributed by atoms with Crippen LogP contribution in [0.2, 0.25) is 0 Å². The van der Waals surface area contributed by atoms with Crippen molar-refractivity contribution in [2.24, 2.45) is 0 Å². The molecule has 0 aliphatic heterocycles. The molecule has 0 fully saturated rings. The maximum atomic E-state index is 11.0. The van der Waals surface area contributed by atoms with Gasteiger partial charge in [0.25, 0.3) is 5.59 Å². The van der Waals surface area contributed by atoms with Gasteiger partial charge in [0, 0.05) is 0 Å². The SMILES string of the molecule is CCCCOP(=O)(O)C(O)P(=O)(O)O. The summed E-state index contributed by atoms with van der Waals surface area (Å²) in [5.74, 6) is 0. The first-order chi connectivity index (χ1) is 6.22. The normalized spacial score (nSPS) is 18.9. The predicted octanol–water partition coefficient (Wildman–Crippen LogP) is 0.442. The van der Waals surface area contributed by atoms with Crippen molar-refractivity contribution in [1.29, 1.82) is 0 Å². The Balaban J connectivity index is 4.32. The molecule has 2 atom stereocenters. The van der Waals surface area contributed by atoms with Gasteiger partial charge in [-0.25, -0.2) is 0 Å². The van der Waals surface area contributed by atoms with E-state index in [-0.39, 0.29) is 6.61 Å². The lowest BCUT2D eigenvalue weighted by Gasteiger charge is -2.18. The fourth-order valence-electron chi connectivity index (χ4n) is 0.596. The molecule has 2 unspecified atom stereocenters. The zero-order valence-electron chi connectivity index (χ0n) is 7.61. The van der Waals surface area contributed by atoms with Crippen molar-refractivity contribution in [3.05, 3.63) is 0 Å². The topological polar surface area (TPSA) is 124 Å². The lowest BCUT2D eigenvalue weighted by Crippen LogP contribution is -2.10. The van der Waals surface area contributed by atoms with Crippen molar-refractivity contribution in [2.45, 2.75) is 25.4 Å². The van der Waals surface area contributed by atoms with Crippen LogP contribution in [0, 0.1) is 0 Å². The predicted molar refractivity (Wildman–Crippen MR) is 48.7 cm³/mol. The summed E-state index contributed by atoms with van der Waals surface area (Å²) in [6, 6.07) is 0. The van der Waals surface area contributed by atoms with E-state index in [1.807, 2.05) is 6.92 Å². The van der Waals surface area contributed by atoms with Gasteiger partial charge >= 0.3 is 15.2 Å². The first-order valence-corrected chi connectivity index (χ1v) is 7.25. The third-order valence-electron chi connectivity index (χ3n) is 1.37. The minimum absolute atomic E-state index is 0.124. The van der Waals surface area contributed by atoms with Crippen molar-refractivity contribution >= 4 is 15.2 Å². The van der Waals surface area contributed by atoms with Crippen LogP contribution < -0.4 is 0 Å². The Kier molecular flexibility index (Phi) is 5.47. The Morgan fingerprint density at radius 2 is 1.79 bits per heavy atom. The fourth-order valence-corrected chi connectivity index (χ4v) is 2.84. The highest BCUT2D eigenvalue weighted by Gasteiger charge is 2.43. The molecule has 0 saturated carbocycles. The molecule has 0 aromatic heterocycles. The van der Waals surface area contributed by atoms with Gasteiger partial charge in [0.05, 0.1) is 6.61 Å². The summed E-state index contributed by atoms with van der Waals surface area (Å²) in [4.78, 5) is 25.8. The van der Waals surface area contributed by atoms with Gasteiger partial charge in [-0.1, -0.05) is 13.3 Å². The molecule has 0 aliphatic carbocycles. The van der Waals surface area contributed by atoms with Crippen molar-refractivity contribution in [1.82, 2.24) is 0 Å². The lowest BCUT2D eigenvalue weighted by atomic mass is 10.4. The van der Waals surface area contributed by atoms with E-state index in [2.05, 4.69) is 4.52 Å². The van der Waals surface area contributed by atoms with Gasteiger partial charge < -0.3 is 24.3 Å². The summed E-state index contributed by atoms with van der Waals surface area (Å²) >= 11 is 0. The fraction of sp³-hybridized carbons (Fsp3) is 1.00. The highest BCUT2D eigenvalue weighted by Crippen LogP contribution is 2.61. The monoisotopic (exact) mass is 248 g/mol. The molecule has 9 heteroatoms. The van der Waals surface area contributed by atoms with Crippen LogP contribution in [0.4, 0.5) is 0 Å². The molecule has 0 aromatic rings. The van der Waals surface area contributed by atoms with Crippen LogP contribution in [0.1, 0.15) is 19.8 Å². The van der Waals surface area contributed by atoms with Gasteiger partial charge in [0.2, 0.25) is 0 Å². The Labute approximate surface area is 81.4 Å². The van der Waals surface area contributed by atoms with E-state index in [0.717, 1.165) is 0 Å². The summed E-state index contributed by atoms with van der Waals surface area (Å²) < 4.78 is 25.8. The number of aliphatic hydroxyl groups is 1. The molecule has 0 heterocycles. The summed E-state index contributed by atoms with van der Waals surface area (Å²) in [6.45, 7) is 1.69. The van der Waals surface area contributed by atoms with Crippen molar-refractivity contribution in [2.75, 3.05) is 6.61 Å². The molecule has 0 amide bonds. The minimum atomic E-state index is -5.01. The zero-order chi connectivity index (χ0) is 11.4. The highest BCUT2D eigenvalue weighted by atomic mass is 31.2. The van der Waals surface area contributed by atoms with E-state index in [0.29, 0.717) is 12.8 Å². The van der Waals surface area contributed by atoms with Crippen molar-refractivity contribution < 1.29 is 33.4 Å². The van der Waals surface area contributed by atoms with Crippen LogP contribution in [0.25, 0.3) is 0 Å². The van der Waals surface area contributed by atoms with E-state index in [9.17, 15) is 9.13 Å². The van der Waals surface area contributed by atoms with Gasteiger partial charge in [-0.05, 0) is 6.42 Å². The Morgan fingerprint density at radius 3 is 2.14 bits per heavy atom. The van der Waals surface area contributed by atoms with E-state index < -0.39 is 20.8 Å². The number of hydrogen-bond acceptors (Lipinski definition) is 4. The highest BCUT2D eigenvalue weighted by molar-refractivity contribution is 7.70. The largest absolute Gasteiger partial charge is 0.370 e. The van der Waals surface area contributed by atoms with E-state index >= 15 is 0 Å². The maximum Gasteiger partial charge on any atom is 0.368 e. The van der Waals surface area contributed by atoms with Crippen molar-refractivity contribution in [3.8, 4) is 0 Å². The van der Waals surface area contributed by atoms with E-state index in [1.165, 1.54) is 0 Å². The average Bonchev–Trinajstić information content (AvgIpc) is 2.01. The van der Waals surface area contributed by atoms with Crippen LogP contribution in [0.5, 0.6) is 0 Å². The smallest absolute Gasteiger partial charge is 0.368 e. The van der Waals surface area contributed by atoms with Gasteiger partial charge in [-0.2, -0.15) is 0 Å². The Hall–Kier alpha value is 0.260. The molecule has 0 bridgehead atoms. The van der Waals surface area contributed by atoms with Crippen LogP contribution in [0.3, 0.4) is 0 Å². The number of hydrogen-bond donors (Lipinski definition) is 4. The average molecular weight is 248 g/mol. The molecule has 0 rings (SSSR count). The second kappa shape index (κ2) is 5.37. The van der Waals surface area contributed by atoms with Gasteiger partial charge in [-0.15, -0.1) is 0 Å². The second-order valence-electron chi connectivity index (χ2n) is 2.69. The number of aliphatic hydroxyl groups excluding tert-OH is 1. The Morgan fingerprint density at radius 1 is 1.29 bits per heavy atom. The van der Waals surface area contributed by atoms with E-state index in [1.54, 1.807) is 0 Å². The van der Waals surface area contributed by atoms with E-state index in [4.69, 9.17) is 19.8 Å². The molecule has 14 heavy (non-hydrogen) atoms. The van der Waals surface area contributed by atoms with Crippen LogP contribution in [0.15, 0.2) is 0 Å². The van der Waals surface area contributed by atoms with Crippen LogP contribution in [-0.4, -0.2) is 32.0 Å². The molecule has 0 spiro atoms. The molecule has 0 aliphatic rings. The molecule has 4 N–H and O–H groups in total. The summed E-state index contributed by atoms with van der Waals surface area (Å²) in [6.07, 6.45) is 1.17. The lowest BCUT2D eigenvalue weighted by molar-refractivity contribution is 0.187. The molecule has 7 nitrogen and oxygen atoms in total. The summed E-state index contributed by atoms with van der Waals surface area (Å²) in [7, 11) is -9.65. The molecule has 0 saturated heterocycles. The van der Waals surface area contributed by atoms with Gasteiger partial charge in [0.1, 0.15) is 0 Å². The summed E-state index contributed by atoms with van der Waals surface area (Å²) in [5.41, 5.74) is -2.66. The molecular weight excluding hydrogens is 234 g/mol. The van der Waals surface area contributed by atoms with Gasteiger partial charge in [-0.3, -0.25) is 9.13 Å². The molecular formula is C5H14O7P2. The maximum absolute atomic E-state index is 11.0. The molecule has 86 valence electrons. The molecule has 0 aromatic carbocycles. The zero-order valence-corrected chi connectivity index (χ0v) is 9.40. The summed E-state index contributed by atoms with van der Waals surface area (Å²) in [5, 5.41) is 8.81. The first-order valence-electron chi connectivity index (χ1n) is 3.92. The third-order valence-corrected chi connectivity index (χ3v) is 4.88. The van der Waals surface area contributed by atoms with Gasteiger partial charge in [0.15, 0.2) is 0 Å².